The van der Waals surface area contributed by atoms with E-state index in [1.54, 1.807) is 0 Å². The van der Waals surface area contributed by atoms with Gasteiger partial charge in [0.15, 0.2) is 0 Å². The van der Waals surface area contributed by atoms with Gasteiger partial charge in [-0.15, -0.1) is 0 Å². The maximum atomic E-state index is 3.60. The number of benzene rings is 1. The van der Waals surface area contributed by atoms with Gasteiger partial charge in [0.1, 0.15) is 0 Å². The van der Waals surface area contributed by atoms with Crippen molar-refractivity contribution in [1.82, 2.24) is 9.88 Å². The minimum Gasteiger partial charge on any atom is -0.357 e. The number of para-hydroxylation sites is 1. The zero-order valence-corrected chi connectivity index (χ0v) is 11.5. The van der Waals surface area contributed by atoms with E-state index in [4.69, 9.17) is 0 Å². The number of nitrogens with zero attached hydrogens (tertiary/aromatic N) is 1. The van der Waals surface area contributed by atoms with Crippen molar-refractivity contribution in [2.24, 2.45) is 5.92 Å². The summed E-state index contributed by atoms with van der Waals surface area (Å²) in [7, 11) is 0. The quantitative estimate of drug-likeness (QED) is 0.853. The Morgan fingerprint density at radius 1 is 1.33 bits per heavy atom. The smallest absolute Gasteiger partial charge is 0.0459 e. The molecule has 0 saturated heterocycles. The maximum Gasteiger partial charge on any atom is 0.0459 e. The van der Waals surface area contributed by atoms with Crippen LogP contribution in [0.2, 0.25) is 0 Å². The Morgan fingerprint density at radius 3 is 2.89 bits per heavy atom. The fourth-order valence-electron chi connectivity index (χ4n) is 3.12. The highest BCUT2D eigenvalue weighted by molar-refractivity contribution is 5.84. The van der Waals surface area contributed by atoms with E-state index in [-0.39, 0.29) is 0 Å². The third-order valence-electron chi connectivity index (χ3n) is 3.99. The van der Waals surface area contributed by atoms with Crippen molar-refractivity contribution >= 4 is 10.9 Å². The molecule has 18 heavy (non-hydrogen) atoms. The molecule has 0 radical (unpaired) electrons. The molecule has 1 atom stereocenters. The molecule has 1 aliphatic heterocycles. The average molecular weight is 242 g/mol. The molecule has 1 aliphatic rings. The van der Waals surface area contributed by atoms with Crippen LogP contribution in [0.4, 0.5) is 0 Å². The van der Waals surface area contributed by atoms with Crippen LogP contribution in [0.25, 0.3) is 10.9 Å². The summed E-state index contributed by atoms with van der Waals surface area (Å²) in [5, 5.41) is 1.42. The molecule has 0 saturated carbocycles. The minimum atomic E-state index is 0.652. The molecule has 0 unspecified atom stereocenters. The summed E-state index contributed by atoms with van der Waals surface area (Å²) in [5.74, 6) is 0.735. The highest BCUT2D eigenvalue weighted by Gasteiger charge is 2.25. The third-order valence-corrected chi connectivity index (χ3v) is 3.99. The lowest BCUT2D eigenvalue weighted by Gasteiger charge is -2.34. The van der Waals surface area contributed by atoms with Crippen molar-refractivity contribution in [2.45, 2.75) is 39.8 Å². The van der Waals surface area contributed by atoms with Crippen LogP contribution < -0.4 is 0 Å². The molecular weight excluding hydrogens is 220 g/mol. The van der Waals surface area contributed by atoms with Crippen LogP contribution in [0.1, 0.15) is 32.0 Å². The van der Waals surface area contributed by atoms with Gasteiger partial charge < -0.3 is 4.98 Å². The number of hydrogen-bond donors (Lipinski definition) is 1. The van der Waals surface area contributed by atoms with Gasteiger partial charge >= 0.3 is 0 Å². The van der Waals surface area contributed by atoms with Gasteiger partial charge in [0.05, 0.1) is 0 Å². The van der Waals surface area contributed by atoms with Crippen LogP contribution in [-0.4, -0.2) is 22.5 Å². The van der Waals surface area contributed by atoms with Gasteiger partial charge in [0.2, 0.25) is 0 Å². The average Bonchev–Trinajstić information content (AvgIpc) is 2.67. The molecule has 0 fully saturated rings. The van der Waals surface area contributed by atoms with Gasteiger partial charge in [-0.25, -0.2) is 0 Å². The third kappa shape index (κ3) is 1.95. The topological polar surface area (TPSA) is 19.0 Å². The van der Waals surface area contributed by atoms with Gasteiger partial charge in [-0.1, -0.05) is 32.0 Å². The lowest BCUT2D eigenvalue weighted by atomic mass is 9.97. The van der Waals surface area contributed by atoms with Crippen LogP contribution in [0.3, 0.4) is 0 Å². The number of hydrogen-bond acceptors (Lipinski definition) is 1. The largest absolute Gasteiger partial charge is 0.357 e. The van der Waals surface area contributed by atoms with E-state index in [0.717, 1.165) is 12.5 Å². The predicted molar refractivity (Wildman–Crippen MR) is 76.7 cm³/mol. The summed E-state index contributed by atoms with van der Waals surface area (Å²) in [6.07, 6.45) is 1.17. The monoisotopic (exact) mass is 242 g/mol. The van der Waals surface area contributed by atoms with Crippen molar-refractivity contribution in [2.75, 3.05) is 6.54 Å². The van der Waals surface area contributed by atoms with Crippen molar-refractivity contribution < 1.29 is 0 Å². The lowest BCUT2D eigenvalue weighted by Crippen LogP contribution is -2.40. The summed E-state index contributed by atoms with van der Waals surface area (Å²) >= 11 is 0. The van der Waals surface area contributed by atoms with Crippen LogP contribution in [0.5, 0.6) is 0 Å². The number of fused-ring (bicyclic) bond motifs is 3. The molecule has 3 rings (SSSR count). The van der Waals surface area contributed by atoms with Gasteiger partial charge in [-0.05, 0) is 30.9 Å². The Hall–Kier alpha value is -1.28. The first-order valence-corrected chi connectivity index (χ1v) is 6.97. The molecule has 2 nitrogen and oxygen atoms in total. The summed E-state index contributed by atoms with van der Waals surface area (Å²) < 4.78 is 0. The fourth-order valence-corrected chi connectivity index (χ4v) is 3.12. The van der Waals surface area contributed by atoms with Crippen molar-refractivity contribution in [1.29, 1.82) is 0 Å². The summed E-state index contributed by atoms with van der Waals surface area (Å²) in [5.41, 5.74) is 4.26. The molecule has 1 aromatic carbocycles. The SMILES string of the molecule is CC(C)CN1Cc2[nH]c3ccccc3c2C[C@H]1C. The van der Waals surface area contributed by atoms with Crippen LogP contribution >= 0.6 is 0 Å². The first-order valence-electron chi connectivity index (χ1n) is 6.97. The molecule has 2 heteroatoms. The first-order chi connectivity index (χ1) is 8.65. The molecular formula is C16H22N2. The second-order valence-electron chi connectivity index (χ2n) is 6.00. The second-order valence-corrected chi connectivity index (χ2v) is 6.00. The normalized spacial score (nSPS) is 20.6. The number of rotatable bonds is 2. The molecule has 0 aliphatic carbocycles. The Kier molecular flexibility index (Phi) is 2.90. The van der Waals surface area contributed by atoms with Gasteiger partial charge in [-0.2, -0.15) is 0 Å². The van der Waals surface area contributed by atoms with Crippen molar-refractivity contribution in [3.63, 3.8) is 0 Å². The summed E-state index contributed by atoms with van der Waals surface area (Å²) in [6.45, 7) is 9.22. The standard InChI is InChI=1S/C16H22N2/c1-11(2)9-18-10-16-14(8-12(18)3)13-6-4-5-7-15(13)17-16/h4-7,11-12,17H,8-10H2,1-3H3/t12-/m1/s1. The zero-order valence-electron chi connectivity index (χ0n) is 11.5. The molecule has 96 valence electrons. The molecule has 2 heterocycles. The molecule has 1 aromatic heterocycles. The number of aromatic nitrogens is 1. The molecule has 0 spiro atoms. The Bertz CT molecular complexity index is 553. The summed E-state index contributed by atoms with van der Waals surface area (Å²) in [4.78, 5) is 6.20. The van der Waals surface area contributed by atoms with E-state index >= 15 is 0 Å². The van der Waals surface area contributed by atoms with Gasteiger partial charge in [0, 0.05) is 35.7 Å². The van der Waals surface area contributed by atoms with Gasteiger partial charge in [-0.3, -0.25) is 4.90 Å². The molecule has 0 amide bonds. The van der Waals surface area contributed by atoms with Crippen molar-refractivity contribution in [3.8, 4) is 0 Å². The van der Waals surface area contributed by atoms with E-state index in [2.05, 4.69) is 54.9 Å². The van der Waals surface area contributed by atoms with Gasteiger partial charge in [0.25, 0.3) is 0 Å². The highest BCUT2D eigenvalue weighted by atomic mass is 15.2. The van der Waals surface area contributed by atoms with Crippen LogP contribution in [0, 0.1) is 5.92 Å². The molecule has 0 bridgehead atoms. The zero-order chi connectivity index (χ0) is 12.7. The highest BCUT2D eigenvalue weighted by Crippen LogP contribution is 2.30. The minimum absolute atomic E-state index is 0.652. The Labute approximate surface area is 109 Å². The Balaban J connectivity index is 1.97. The fraction of sp³-hybridized carbons (Fsp3) is 0.500. The summed E-state index contributed by atoms with van der Waals surface area (Å²) in [6, 6.07) is 9.33. The van der Waals surface area contributed by atoms with E-state index in [9.17, 15) is 0 Å². The van der Waals surface area contributed by atoms with E-state index < -0.39 is 0 Å². The lowest BCUT2D eigenvalue weighted by molar-refractivity contribution is 0.162. The van der Waals surface area contributed by atoms with E-state index in [1.165, 1.54) is 35.1 Å². The number of H-pyrrole nitrogens is 1. The van der Waals surface area contributed by atoms with Crippen molar-refractivity contribution in [3.05, 3.63) is 35.5 Å². The van der Waals surface area contributed by atoms with E-state index in [1.807, 2.05) is 0 Å². The first kappa shape index (κ1) is 11.8. The molecule has 1 N–H and O–H groups in total. The van der Waals surface area contributed by atoms with Crippen LogP contribution in [-0.2, 0) is 13.0 Å². The number of aromatic amines is 1. The second kappa shape index (κ2) is 4.43. The van der Waals surface area contributed by atoms with Crippen LogP contribution in [0.15, 0.2) is 24.3 Å². The number of nitrogens with one attached hydrogen (secondary N) is 1. The molecule has 2 aromatic rings. The predicted octanol–water partition coefficient (Wildman–Crippen LogP) is 3.57. The maximum absolute atomic E-state index is 3.60. The Morgan fingerprint density at radius 2 is 2.11 bits per heavy atom. The van der Waals surface area contributed by atoms with E-state index in [0.29, 0.717) is 6.04 Å².